The van der Waals surface area contributed by atoms with Crippen LogP contribution in [0.15, 0.2) is 48.7 Å². The molecule has 2 atom stereocenters. The van der Waals surface area contributed by atoms with Gasteiger partial charge in [0.25, 0.3) is 5.91 Å². The van der Waals surface area contributed by atoms with E-state index >= 15 is 0 Å². The average molecular weight is 452 g/mol. The second kappa shape index (κ2) is 8.13. The van der Waals surface area contributed by atoms with Gasteiger partial charge in [0, 0.05) is 12.5 Å². The summed E-state index contributed by atoms with van der Waals surface area (Å²) in [6.45, 7) is 0. The maximum atomic E-state index is 13.9. The summed E-state index contributed by atoms with van der Waals surface area (Å²) in [5, 5.41) is 8.94. The first kappa shape index (κ1) is 21.6. The van der Waals surface area contributed by atoms with Crippen LogP contribution in [0.2, 0.25) is 0 Å². The highest BCUT2D eigenvalue weighted by Crippen LogP contribution is 2.44. The number of ether oxygens (including phenoxy) is 1. The highest BCUT2D eigenvalue weighted by atomic mass is 19.4. The molecule has 1 aliphatic heterocycles. The SMILES string of the molecule is COc1cccc([C@@H]2C[C@H](C(F)(F)F)n3ncc(C(=O)Nc4ccc(F)cc4F)c3N2)c1. The molecule has 11 heteroatoms. The molecule has 32 heavy (non-hydrogen) atoms. The van der Waals surface area contributed by atoms with E-state index in [4.69, 9.17) is 4.74 Å². The molecule has 1 aliphatic rings. The van der Waals surface area contributed by atoms with E-state index in [9.17, 15) is 26.7 Å². The lowest BCUT2D eigenvalue weighted by molar-refractivity contribution is -0.173. The van der Waals surface area contributed by atoms with E-state index in [-0.39, 0.29) is 23.5 Å². The van der Waals surface area contributed by atoms with Gasteiger partial charge in [-0.3, -0.25) is 4.79 Å². The highest BCUT2D eigenvalue weighted by Gasteiger charge is 2.47. The van der Waals surface area contributed by atoms with Gasteiger partial charge in [-0.05, 0) is 29.8 Å². The summed E-state index contributed by atoms with van der Waals surface area (Å²) in [5.74, 6) is -2.44. The van der Waals surface area contributed by atoms with Crippen molar-refractivity contribution in [2.45, 2.75) is 24.7 Å². The normalized spacial score (nSPS) is 17.9. The van der Waals surface area contributed by atoms with E-state index in [0.29, 0.717) is 22.1 Å². The highest BCUT2D eigenvalue weighted by molar-refractivity contribution is 6.07. The van der Waals surface area contributed by atoms with Crippen molar-refractivity contribution in [3.05, 3.63) is 71.4 Å². The molecule has 1 amide bonds. The molecule has 2 aromatic carbocycles. The summed E-state index contributed by atoms with van der Waals surface area (Å²) in [4.78, 5) is 12.7. The first-order chi connectivity index (χ1) is 15.2. The summed E-state index contributed by atoms with van der Waals surface area (Å²) < 4.78 is 74.3. The third-order valence-corrected chi connectivity index (χ3v) is 5.16. The molecule has 2 N–H and O–H groups in total. The number of methoxy groups -OCH3 is 1. The van der Waals surface area contributed by atoms with E-state index in [1.165, 1.54) is 7.11 Å². The van der Waals surface area contributed by atoms with Crippen LogP contribution in [0.25, 0.3) is 0 Å². The number of rotatable bonds is 4. The van der Waals surface area contributed by atoms with Gasteiger partial charge in [-0.1, -0.05) is 12.1 Å². The molecule has 0 aliphatic carbocycles. The van der Waals surface area contributed by atoms with Gasteiger partial charge in [-0.15, -0.1) is 0 Å². The minimum absolute atomic E-state index is 0.161. The Morgan fingerprint density at radius 3 is 2.69 bits per heavy atom. The molecule has 4 rings (SSSR count). The zero-order valence-corrected chi connectivity index (χ0v) is 16.6. The number of benzene rings is 2. The molecule has 0 fully saturated rings. The number of carbonyl (C=O) groups excluding carboxylic acids is 1. The molecule has 168 valence electrons. The number of alkyl halides is 3. The Kier molecular flexibility index (Phi) is 5.49. The van der Waals surface area contributed by atoms with Crippen LogP contribution in [0.1, 0.15) is 34.4 Å². The van der Waals surface area contributed by atoms with Crippen molar-refractivity contribution in [1.29, 1.82) is 0 Å². The number of hydrogen-bond acceptors (Lipinski definition) is 4. The molecule has 0 saturated carbocycles. The quantitative estimate of drug-likeness (QED) is 0.542. The second-order valence-corrected chi connectivity index (χ2v) is 7.20. The number of fused-ring (bicyclic) bond motifs is 1. The zero-order chi connectivity index (χ0) is 23.0. The largest absolute Gasteiger partial charge is 0.497 e. The van der Waals surface area contributed by atoms with E-state index in [0.717, 1.165) is 18.3 Å². The van der Waals surface area contributed by atoms with Crippen LogP contribution >= 0.6 is 0 Å². The summed E-state index contributed by atoms with van der Waals surface area (Å²) in [7, 11) is 1.44. The van der Waals surface area contributed by atoms with Crippen molar-refractivity contribution in [1.82, 2.24) is 9.78 Å². The number of anilines is 2. The fraction of sp³-hybridized carbons (Fsp3) is 0.238. The number of amides is 1. The number of nitrogens with one attached hydrogen (secondary N) is 2. The van der Waals surface area contributed by atoms with Crippen LogP contribution in [0, 0.1) is 11.6 Å². The van der Waals surface area contributed by atoms with E-state index < -0.39 is 35.8 Å². The Bertz CT molecular complexity index is 1160. The van der Waals surface area contributed by atoms with Gasteiger partial charge in [-0.2, -0.15) is 18.3 Å². The van der Waals surface area contributed by atoms with E-state index in [2.05, 4.69) is 15.7 Å². The van der Waals surface area contributed by atoms with Gasteiger partial charge < -0.3 is 15.4 Å². The molecule has 2 heterocycles. The maximum Gasteiger partial charge on any atom is 0.410 e. The number of halogens is 5. The summed E-state index contributed by atoms with van der Waals surface area (Å²) >= 11 is 0. The molecule has 0 spiro atoms. The molecule has 6 nitrogen and oxygen atoms in total. The standard InChI is InChI=1S/C21H17F5N4O2/c1-32-13-4-2-3-11(7-13)17-9-18(21(24,25)26)30-19(28-17)14(10-27-30)20(31)29-16-6-5-12(22)8-15(16)23/h2-8,10,17-18,28H,9H2,1H3,(H,29,31)/t17-,18+/m0/s1. The van der Waals surface area contributed by atoms with Gasteiger partial charge in [-0.25, -0.2) is 13.5 Å². The Labute approximate surface area is 179 Å². The first-order valence-electron chi connectivity index (χ1n) is 9.48. The molecular formula is C21H17F5N4O2. The van der Waals surface area contributed by atoms with Gasteiger partial charge >= 0.3 is 6.18 Å². The molecule has 3 aromatic rings. The van der Waals surface area contributed by atoms with Crippen LogP contribution in [-0.2, 0) is 0 Å². The summed E-state index contributed by atoms with van der Waals surface area (Å²) in [6.07, 6.45) is -4.01. The van der Waals surface area contributed by atoms with Gasteiger partial charge in [0.2, 0.25) is 0 Å². The Balaban J connectivity index is 1.70. The number of carbonyl (C=O) groups is 1. The Morgan fingerprint density at radius 1 is 1.22 bits per heavy atom. The average Bonchev–Trinajstić information content (AvgIpc) is 3.18. The van der Waals surface area contributed by atoms with Crippen LogP contribution in [0.3, 0.4) is 0 Å². The van der Waals surface area contributed by atoms with Crippen LogP contribution in [0.4, 0.5) is 33.5 Å². The molecule has 0 radical (unpaired) electrons. The third kappa shape index (κ3) is 4.10. The Hall–Kier alpha value is -3.63. The molecule has 0 bridgehead atoms. The zero-order valence-electron chi connectivity index (χ0n) is 16.6. The monoisotopic (exact) mass is 452 g/mol. The van der Waals surface area contributed by atoms with Crippen molar-refractivity contribution in [3.63, 3.8) is 0 Å². The fourth-order valence-electron chi connectivity index (χ4n) is 3.59. The second-order valence-electron chi connectivity index (χ2n) is 7.20. The molecule has 0 saturated heterocycles. The van der Waals surface area contributed by atoms with Gasteiger partial charge in [0.05, 0.1) is 25.0 Å². The summed E-state index contributed by atoms with van der Waals surface area (Å²) in [6, 6.07) is 6.32. The molecule has 0 unspecified atom stereocenters. The van der Waals surface area contributed by atoms with Crippen molar-refractivity contribution < 1.29 is 31.5 Å². The first-order valence-corrected chi connectivity index (χ1v) is 9.48. The predicted octanol–water partition coefficient (Wildman–Crippen LogP) is 5.08. The predicted molar refractivity (Wildman–Crippen MR) is 106 cm³/mol. The Morgan fingerprint density at radius 2 is 2.00 bits per heavy atom. The van der Waals surface area contributed by atoms with Gasteiger partial charge in [0.15, 0.2) is 6.04 Å². The van der Waals surface area contributed by atoms with Crippen molar-refractivity contribution >= 4 is 17.4 Å². The lowest BCUT2D eigenvalue weighted by Gasteiger charge is -2.34. The molecule has 1 aromatic heterocycles. The van der Waals surface area contributed by atoms with Crippen molar-refractivity contribution in [3.8, 4) is 5.75 Å². The summed E-state index contributed by atoms with van der Waals surface area (Å²) in [5.41, 5.74) is 0.00133. The topological polar surface area (TPSA) is 68.2 Å². The lowest BCUT2D eigenvalue weighted by Crippen LogP contribution is -2.36. The fourth-order valence-corrected chi connectivity index (χ4v) is 3.59. The van der Waals surface area contributed by atoms with Crippen molar-refractivity contribution in [2.24, 2.45) is 0 Å². The minimum atomic E-state index is -4.63. The smallest absolute Gasteiger partial charge is 0.410 e. The van der Waals surface area contributed by atoms with E-state index in [1.807, 2.05) is 0 Å². The number of aromatic nitrogens is 2. The van der Waals surface area contributed by atoms with E-state index in [1.54, 1.807) is 24.3 Å². The van der Waals surface area contributed by atoms with Crippen molar-refractivity contribution in [2.75, 3.05) is 17.7 Å². The third-order valence-electron chi connectivity index (χ3n) is 5.16. The lowest BCUT2D eigenvalue weighted by atomic mass is 9.96. The van der Waals surface area contributed by atoms with Crippen LogP contribution in [0.5, 0.6) is 5.75 Å². The number of hydrogen-bond donors (Lipinski definition) is 2. The maximum absolute atomic E-state index is 13.9. The number of nitrogens with zero attached hydrogens (tertiary/aromatic N) is 2. The molecular weight excluding hydrogens is 435 g/mol. The van der Waals surface area contributed by atoms with Gasteiger partial charge in [0.1, 0.15) is 28.8 Å². The minimum Gasteiger partial charge on any atom is -0.497 e. The van der Waals surface area contributed by atoms with Crippen LogP contribution in [-0.4, -0.2) is 29.0 Å². The van der Waals surface area contributed by atoms with Crippen LogP contribution < -0.4 is 15.4 Å².